The van der Waals surface area contributed by atoms with Crippen LogP contribution in [0.3, 0.4) is 0 Å². The number of likely N-dealkylation sites (tertiary alicyclic amines) is 1. The average Bonchev–Trinajstić information content (AvgIpc) is 2.89. The molecule has 5 heteroatoms. The monoisotopic (exact) mass is 320 g/mol. The van der Waals surface area contributed by atoms with E-state index in [1.165, 1.54) is 0 Å². The first-order chi connectivity index (χ1) is 11.0. The summed E-state index contributed by atoms with van der Waals surface area (Å²) in [6.07, 6.45) is 1.66. The van der Waals surface area contributed by atoms with Crippen LogP contribution in [0.1, 0.15) is 45.3 Å². The van der Waals surface area contributed by atoms with Crippen molar-refractivity contribution in [3.8, 4) is 5.75 Å². The van der Waals surface area contributed by atoms with Crippen LogP contribution in [0.15, 0.2) is 24.3 Å². The highest BCUT2D eigenvalue weighted by Gasteiger charge is 2.22. The van der Waals surface area contributed by atoms with Crippen molar-refractivity contribution < 1.29 is 14.6 Å². The molecule has 0 saturated carbocycles. The summed E-state index contributed by atoms with van der Waals surface area (Å²) in [5.74, 6) is 0.696. The lowest BCUT2D eigenvalue weighted by molar-refractivity contribution is -0.122. The molecule has 128 valence electrons. The molecule has 1 aromatic rings. The van der Waals surface area contributed by atoms with Crippen LogP contribution in [0.5, 0.6) is 5.75 Å². The lowest BCUT2D eigenvalue weighted by Crippen LogP contribution is -2.40. The van der Waals surface area contributed by atoms with Crippen molar-refractivity contribution >= 4 is 5.91 Å². The van der Waals surface area contributed by atoms with Crippen molar-refractivity contribution in [3.05, 3.63) is 29.8 Å². The summed E-state index contributed by atoms with van der Waals surface area (Å²) in [6.45, 7) is 7.67. The molecule has 1 amide bonds. The molecule has 1 aliphatic rings. The van der Waals surface area contributed by atoms with Crippen LogP contribution in [0.4, 0.5) is 0 Å². The molecule has 1 fully saturated rings. The van der Waals surface area contributed by atoms with Crippen LogP contribution in [0.2, 0.25) is 0 Å². The summed E-state index contributed by atoms with van der Waals surface area (Å²) >= 11 is 0. The Labute approximate surface area is 138 Å². The van der Waals surface area contributed by atoms with Crippen LogP contribution >= 0.6 is 0 Å². The van der Waals surface area contributed by atoms with Gasteiger partial charge in [-0.1, -0.05) is 12.1 Å². The van der Waals surface area contributed by atoms with Crippen LogP contribution < -0.4 is 10.1 Å². The van der Waals surface area contributed by atoms with Gasteiger partial charge in [-0.25, -0.2) is 0 Å². The number of ether oxygens (including phenoxy) is 1. The molecule has 1 heterocycles. The van der Waals surface area contributed by atoms with Crippen LogP contribution in [0.25, 0.3) is 0 Å². The number of aliphatic hydroxyl groups is 1. The molecular weight excluding hydrogens is 292 g/mol. The number of hydrogen-bond acceptors (Lipinski definition) is 4. The topological polar surface area (TPSA) is 61.8 Å². The maximum absolute atomic E-state index is 12.0. The molecular formula is C18H28N2O3. The Morgan fingerprint density at radius 1 is 1.48 bits per heavy atom. The lowest BCUT2D eigenvalue weighted by atomic mass is 10.1. The maximum atomic E-state index is 12.0. The third-order valence-corrected chi connectivity index (χ3v) is 4.14. The molecule has 1 aliphatic heterocycles. The van der Waals surface area contributed by atoms with Gasteiger partial charge in [0.25, 0.3) is 0 Å². The molecule has 0 aliphatic carbocycles. The largest absolute Gasteiger partial charge is 0.491 e. The fourth-order valence-electron chi connectivity index (χ4n) is 2.86. The highest BCUT2D eigenvalue weighted by molar-refractivity contribution is 5.78. The van der Waals surface area contributed by atoms with E-state index in [0.29, 0.717) is 12.6 Å². The van der Waals surface area contributed by atoms with E-state index < -0.39 is 6.10 Å². The van der Waals surface area contributed by atoms with Gasteiger partial charge in [0.2, 0.25) is 5.91 Å². The number of carbonyl (C=O) groups excluding carboxylic acids is 1. The molecule has 0 radical (unpaired) electrons. The summed E-state index contributed by atoms with van der Waals surface area (Å²) < 4.78 is 5.63. The summed E-state index contributed by atoms with van der Waals surface area (Å²) in [5, 5.41) is 13.1. The lowest BCUT2D eigenvalue weighted by Gasteiger charge is -2.21. The molecule has 23 heavy (non-hydrogen) atoms. The minimum absolute atomic E-state index is 0.0348. The van der Waals surface area contributed by atoms with E-state index in [4.69, 9.17) is 4.74 Å². The summed E-state index contributed by atoms with van der Waals surface area (Å²) in [5.41, 5.74) is 0.748. The molecule has 1 saturated heterocycles. The number of benzene rings is 1. The summed E-state index contributed by atoms with van der Waals surface area (Å²) in [7, 11) is 0. The van der Waals surface area contributed by atoms with Gasteiger partial charge in [0.05, 0.1) is 18.8 Å². The number of nitrogens with zero attached hydrogens (tertiary/aromatic N) is 1. The van der Waals surface area contributed by atoms with E-state index in [0.717, 1.165) is 30.7 Å². The minimum atomic E-state index is -0.731. The van der Waals surface area contributed by atoms with Gasteiger partial charge in [-0.15, -0.1) is 0 Å². The van der Waals surface area contributed by atoms with Crippen molar-refractivity contribution in [2.75, 3.05) is 19.6 Å². The summed E-state index contributed by atoms with van der Waals surface area (Å²) in [6, 6.07) is 7.84. The second kappa shape index (κ2) is 8.31. The minimum Gasteiger partial charge on any atom is -0.491 e. The number of amides is 1. The fraction of sp³-hybridized carbons (Fsp3) is 0.611. The number of nitrogens with one attached hydrogen (secondary N) is 1. The first-order valence-corrected chi connectivity index (χ1v) is 8.41. The molecule has 5 nitrogen and oxygen atoms in total. The Morgan fingerprint density at radius 3 is 2.91 bits per heavy atom. The Balaban J connectivity index is 1.82. The zero-order valence-electron chi connectivity index (χ0n) is 14.3. The zero-order chi connectivity index (χ0) is 16.8. The Bertz CT molecular complexity index is 519. The fourth-order valence-corrected chi connectivity index (χ4v) is 2.86. The molecule has 1 aromatic carbocycles. The third-order valence-electron chi connectivity index (χ3n) is 4.14. The van der Waals surface area contributed by atoms with E-state index in [2.05, 4.69) is 17.1 Å². The number of aliphatic hydroxyl groups excluding tert-OH is 1. The van der Waals surface area contributed by atoms with Gasteiger partial charge >= 0.3 is 0 Å². The standard InChI is InChI=1S/C18H28N2O3/c1-13(2)23-16-8-4-7-15(10-16)17(21)11-19-18(22)12-20-9-5-6-14(20)3/h4,7-8,10,13-14,17,21H,5-6,9,11-12H2,1-3H3,(H,19,22)/t14-,17-/m1/s1. The van der Waals surface area contributed by atoms with Crippen LogP contribution in [-0.4, -0.2) is 47.7 Å². The molecule has 2 N–H and O–H groups in total. The second-order valence-corrected chi connectivity index (χ2v) is 6.52. The van der Waals surface area contributed by atoms with Crippen molar-refractivity contribution in [1.29, 1.82) is 0 Å². The molecule has 2 rings (SSSR count). The zero-order valence-corrected chi connectivity index (χ0v) is 14.3. The third kappa shape index (κ3) is 5.52. The molecule has 2 atom stereocenters. The van der Waals surface area contributed by atoms with Gasteiger partial charge in [0.15, 0.2) is 0 Å². The van der Waals surface area contributed by atoms with Gasteiger partial charge in [-0.05, 0) is 57.9 Å². The molecule has 0 bridgehead atoms. The number of rotatable bonds is 7. The average molecular weight is 320 g/mol. The number of hydrogen-bond donors (Lipinski definition) is 2. The Hall–Kier alpha value is -1.59. The normalized spacial score (nSPS) is 19.8. The van der Waals surface area contributed by atoms with Gasteiger partial charge in [-0.3, -0.25) is 9.69 Å². The van der Waals surface area contributed by atoms with E-state index in [9.17, 15) is 9.90 Å². The van der Waals surface area contributed by atoms with Crippen molar-refractivity contribution in [1.82, 2.24) is 10.2 Å². The van der Waals surface area contributed by atoms with E-state index in [-0.39, 0.29) is 18.6 Å². The van der Waals surface area contributed by atoms with Gasteiger partial charge < -0.3 is 15.2 Å². The predicted molar refractivity (Wildman–Crippen MR) is 90.4 cm³/mol. The summed E-state index contributed by atoms with van der Waals surface area (Å²) in [4.78, 5) is 14.2. The Kier molecular flexibility index (Phi) is 6.42. The molecule has 0 spiro atoms. The van der Waals surface area contributed by atoms with Crippen molar-refractivity contribution in [3.63, 3.8) is 0 Å². The van der Waals surface area contributed by atoms with Gasteiger partial charge in [0, 0.05) is 12.6 Å². The van der Waals surface area contributed by atoms with Gasteiger partial charge in [0.1, 0.15) is 5.75 Å². The predicted octanol–water partition coefficient (Wildman–Crippen LogP) is 2.11. The van der Waals surface area contributed by atoms with E-state index in [1.807, 2.05) is 38.1 Å². The van der Waals surface area contributed by atoms with Crippen LogP contribution in [-0.2, 0) is 4.79 Å². The van der Waals surface area contributed by atoms with E-state index in [1.54, 1.807) is 0 Å². The smallest absolute Gasteiger partial charge is 0.234 e. The first kappa shape index (κ1) is 17.8. The second-order valence-electron chi connectivity index (χ2n) is 6.52. The number of carbonyl (C=O) groups is 1. The Morgan fingerprint density at radius 2 is 2.26 bits per heavy atom. The quantitative estimate of drug-likeness (QED) is 0.808. The maximum Gasteiger partial charge on any atom is 0.234 e. The van der Waals surface area contributed by atoms with Crippen molar-refractivity contribution in [2.24, 2.45) is 0 Å². The molecule has 0 aromatic heterocycles. The van der Waals surface area contributed by atoms with Crippen molar-refractivity contribution in [2.45, 2.75) is 51.9 Å². The van der Waals surface area contributed by atoms with Gasteiger partial charge in [-0.2, -0.15) is 0 Å². The highest BCUT2D eigenvalue weighted by Crippen LogP contribution is 2.20. The highest BCUT2D eigenvalue weighted by atomic mass is 16.5. The first-order valence-electron chi connectivity index (χ1n) is 8.41. The molecule has 0 unspecified atom stereocenters. The van der Waals surface area contributed by atoms with E-state index >= 15 is 0 Å². The van der Waals surface area contributed by atoms with Crippen LogP contribution in [0, 0.1) is 0 Å². The SMILES string of the molecule is CC(C)Oc1cccc([C@H](O)CNC(=O)CN2CCC[C@H]2C)c1.